The lowest BCUT2D eigenvalue weighted by atomic mass is 9.96. The molecule has 0 radical (unpaired) electrons. The Balaban J connectivity index is 2.37. The highest BCUT2D eigenvalue weighted by Crippen LogP contribution is 2.18. The Kier molecular flexibility index (Phi) is 17.8. The summed E-state index contributed by atoms with van der Waals surface area (Å²) in [6.07, 6.45) is -2.56. The first-order chi connectivity index (χ1) is 26.4. The third-order valence-electron chi connectivity index (χ3n) is 8.26. The van der Waals surface area contributed by atoms with Crippen LogP contribution in [0.4, 0.5) is 0 Å². The molecule has 5 amide bonds. The van der Waals surface area contributed by atoms with Crippen molar-refractivity contribution in [2.45, 2.75) is 89.2 Å². The van der Waals surface area contributed by atoms with Crippen LogP contribution in [-0.4, -0.2) is 108 Å². The molecule has 2 aromatic carbocycles. The number of carbonyl (C=O) groups is 6. The summed E-state index contributed by atoms with van der Waals surface area (Å²) in [6.45, 7) is 4.45. The molecular formula is C33H46N6O16S2. The molecule has 0 spiro atoms. The quantitative estimate of drug-likeness (QED) is 0.0534. The van der Waals surface area contributed by atoms with Crippen LogP contribution in [0.15, 0.2) is 48.5 Å². The predicted octanol–water partition coefficient (Wildman–Crippen LogP) is -2.12. The van der Waals surface area contributed by atoms with Gasteiger partial charge in [0.1, 0.15) is 35.7 Å². The monoisotopic (exact) mass is 846 g/mol. The molecule has 316 valence electrons. The molecule has 0 heterocycles. The number of aliphatic hydroxyl groups excluding tert-OH is 1. The van der Waals surface area contributed by atoms with Crippen LogP contribution in [-0.2, 0) is 62.4 Å². The molecule has 0 aliphatic heterocycles. The average Bonchev–Trinajstić information content (AvgIpc) is 3.10. The van der Waals surface area contributed by atoms with E-state index in [-0.39, 0.29) is 29.9 Å². The normalized spacial score (nSPS) is 15.3. The molecule has 0 aliphatic rings. The fourth-order valence-corrected chi connectivity index (χ4v) is 5.79. The van der Waals surface area contributed by atoms with Crippen molar-refractivity contribution in [1.82, 2.24) is 21.3 Å². The molecule has 0 fully saturated rings. The summed E-state index contributed by atoms with van der Waals surface area (Å²) >= 11 is 0. The van der Waals surface area contributed by atoms with Crippen LogP contribution < -0.4 is 41.1 Å². The molecule has 24 heteroatoms. The van der Waals surface area contributed by atoms with Crippen LogP contribution in [0.3, 0.4) is 0 Å². The van der Waals surface area contributed by atoms with Gasteiger partial charge < -0.3 is 51.3 Å². The minimum absolute atomic E-state index is 0.0940. The van der Waals surface area contributed by atoms with Gasteiger partial charge in [-0.1, -0.05) is 44.5 Å². The molecule has 0 aliphatic carbocycles. The highest BCUT2D eigenvalue weighted by molar-refractivity contribution is 7.81. The van der Waals surface area contributed by atoms with Crippen molar-refractivity contribution in [2.24, 2.45) is 17.4 Å². The molecular weight excluding hydrogens is 801 g/mol. The highest BCUT2D eigenvalue weighted by atomic mass is 32.3. The molecule has 2 rings (SSSR count). The fraction of sp³-hybridized carbons (Fsp3) is 0.455. The van der Waals surface area contributed by atoms with Crippen LogP contribution in [0.2, 0.25) is 0 Å². The van der Waals surface area contributed by atoms with Gasteiger partial charge in [0.25, 0.3) is 0 Å². The van der Waals surface area contributed by atoms with E-state index in [9.17, 15) is 55.8 Å². The predicted molar refractivity (Wildman–Crippen MR) is 198 cm³/mol. The maximum atomic E-state index is 13.9. The zero-order valence-corrected chi connectivity index (χ0v) is 32.5. The van der Waals surface area contributed by atoms with Crippen molar-refractivity contribution in [2.75, 3.05) is 0 Å². The van der Waals surface area contributed by atoms with Gasteiger partial charge in [0.2, 0.25) is 29.5 Å². The topological polar surface area (TPSA) is 370 Å². The van der Waals surface area contributed by atoms with Crippen LogP contribution in [0.5, 0.6) is 11.5 Å². The Morgan fingerprint density at radius 1 is 0.684 bits per heavy atom. The van der Waals surface area contributed by atoms with Crippen LogP contribution >= 0.6 is 0 Å². The molecule has 22 nitrogen and oxygen atoms in total. The van der Waals surface area contributed by atoms with Crippen molar-refractivity contribution < 1.29 is 73.3 Å². The lowest BCUT2D eigenvalue weighted by molar-refractivity contribution is -0.143. The minimum Gasteiger partial charge on any atom is -0.480 e. The Bertz CT molecular complexity index is 1960. The highest BCUT2D eigenvalue weighted by Gasteiger charge is 2.35. The summed E-state index contributed by atoms with van der Waals surface area (Å²) in [6, 6.07) is 2.47. The average molecular weight is 847 g/mol. The summed E-state index contributed by atoms with van der Waals surface area (Å²) in [4.78, 5) is 76.9. The first kappa shape index (κ1) is 47.8. The molecule has 7 atom stereocenters. The number of carbonyl (C=O) groups excluding carboxylic acids is 5. The van der Waals surface area contributed by atoms with Gasteiger partial charge in [0.05, 0.1) is 12.1 Å². The number of primary amides is 1. The zero-order chi connectivity index (χ0) is 43.2. The number of aliphatic hydroxyl groups is 1. The van der Waals surface area contributed by atoms with Crippen LogP contribution in [0.1, 0.15) is 51.2 Å². The molecule has 0 aromatic heterocycles. The molecule has 0 bridgehead atoms. The Hall–Kier alpha value is -5.40. The Labute approximate surface area is 327 Å². The first-order valence-corrected chi connectivity index (χ1v) is 19.8. The second-order valence-corrected chi connectivity index (χ2v) is 14.9. The second-order valence-electron chi connectivity index (χ2n) is 12.9. The van der Waals surface area contributed by atoms with Crippen LogP contribution in [0, 0.1) is 5.92 Å². The van der Waals surface area contributed by atoms with Gasteiger partial charge >= 0.3 is 26.8 Å². The molecule has 57 heavy (non-hydrogen) atoms. The van der Waals surface area contributed by atoms with Gasteiger partial charge in [-0.15, -0.1) is 0 Å². The summed E-state index contributed by atoms with van der Waals surface area (Å²) in [5.41, 5.74) is 11.9. The number of benzene rings is 2. The van der Waals surface area contributed by atoms with Crippen molar-refractivity contribution >= 4 is 56.3 Å². The first-order valence-electron chi connectivity index (χ1n) is 17.1. The van der Waals surface area contributed by atoms with Crippen molar-refractivity contribution in [1.29, 1.82) is 0 Å². The third-order valence-corrected chi connectivity index (χ3v) is 9.07. The second kappa shape index (κ2) is 21.2. The van der Waals surface area contributed by atoms with Crippen molar-refractivity contribution in [3.05, 3.63) is 59.7 Å². The van der Waals surface area contributed by atoms with E-state index >= 15 is 0 Å². The minimum atomic E-state index is -4.88. The molecule has 12 N–H and O–H groups in total. The number of hydrogen-bond acceptors (Lipinski definition) is 14. The molecule has 2 aromatic rings. The Morgan fingerprint density at radius 3 is 1.54 bits per heavy atom. The lowest BCUT2D eigenvalue weighted by Crippen LogP contribution is -2.61. The van der Waals surface area contributed by atoms with Gasteiger partial charge in [0.15, 0.2) is 0 Å². The van der Waals surface area contributed by atoms with Gasteiger partial charge in [-0.25, -0.2) is 4.79 Å². The number of aliphatic carboxylic acids is 1. The summed E-state index contributed by atoms with van der Waals surface area (Å²) < 4.78 is 70.7. The number of rotatable bonds is 23. The van der Waals surface area contributed by atoms with Gasteiger partial charge in [0, 0.05) is 12.8 Å². The summed E-state index contributed by atoms with van der Waals surface area (Å²) in [5.74, 6) is -7.38. The van der Waals surface area contributed by atoms with Crippen LogP contribution in [0.25, 0.3) is 0 Å². The number of carboxylic acids is 1. The maximum absolute atomic E-state index is 13.9. The van der Waals surface area contributed by atoms with E-state index in [4.69, 9.17) is 20.6 Å². The van der Waals surface area contributed by atoms with E-state index in [1.165, 1.54) is 36.4 Å². The van der Waals surface area contributed by atoms with E-state index < -0.39 is 111 Å². The SMILES string of the molecule is CC[C@H](C)[C@H](NC(=O)[C@@H](N)Cc1ccc(OS(=O)(=O)O)cc1)C(=O)N[C@@H](Cc1ccc(OS(=O)(=O)O)cc1)C(=O)N[C@H](C(=O)N[C@@H](CCC(N)=O)C(=O)O)[C@@H](C)O. The number of nitrogens with one attached hydrogen (secondary N) is 4. The van der Waals surface area contributed by atoms with E-state index in [1.807, 2.05) is 0 Å². The number of hydrogen-bond donors (Lipinski definition) is 10. The van der Waals surface area contributed by atoms with E-state index in [0.717, 1.165) is 19.1 Å². The van der Waals surface area contributed by atoms with E-state index in [0.29, 0.717) is 12.0 Å². The largest absolute Gasteiger partial charge is 0.480 e. The molecule has 0 saturated carbocycles. The van der Waals surface area contributed by atoms with Crippen molar-refractivity contribution in [3.8, 4) is 11.5 Å². The summed E-state index contributed by atoms with van der Waals surface area (Å²) in [5, 5.41) is 29.4. The van der Waals surface area contributed by atoms with E-state index in [2.05, 4.69) is 29.6 Å². The van der Waals surface area contributed by atoms with Gasteiger partial charge in [-0.05, 0) is 61.1 Å². The smallest absolute Gasteiger partial charge is 0.446 e. The fourth-order valence-electron chi connectivity index (χ4n) is 5.09. The molecule has 0 unspecified atom stereocenters. The van der Waals surface area contributed by atoms with Gasteiger partial charge in [-0.2, -0.15) is 16.8 Å². The standard InChI is InChI=1S/C33H46N6O16S2/c1-4-17(2)27(38-29(42)23(34)15-19-5-9-21(10-6-19)54-56(48,49)50)31(44)37-25(16-20-7-11-22(12-8-20)55-57(51,52)53)30(43)39-28(18(3)40)32(45)36-24(33(46)47)13-14-26(35)41/h5-12,17-18,23-25,27-28,40H,4,13-16,34H2,1-3H3,(H2,35,41)(H,36,45)(H,37,44)(H,38,42)(H,39,43)(H,46,47)(H,48,49,50)(H,51,52,53)/t17-,18+,23-,24-,25-,27-,28-/m0/s1. The summed E-state index contributed by atoms with van der Waals surface area (Å²) in [7, 11) is -9.65. The molecule has 0 saturated heterocycles. The number of amides is 5. The van der Waals surface area contributed by atoms with Gasteiger partial charge in [-0.3, -0.25) is 33.1 Å². The number of carboxylic acid groups (broad SMARTS) is 1. The zero-order valence-electron chi connectivity index (χ0n) is 30.9. The lowest BCUT2D eigenvalue weighted by Gasteiger charge is -2.29. The Morgan fingerprint density at radius 2 is 1.12 bits per heavy atom. The third kappa shape index (κ3) is 17.1. The number of nitrogens with two attached hydrogens (primary N) is 2. The van der Waals surface area contributed by atoms with E-state index in [1.54, 1.807) is 13.8 Å². The van der Waals surface area contributed by atoms with Crippen molar-refractivity contribution in [3.63, 3.8) is 0 Å². The maximum Gasteiger partial charge on any atom is 0.446 e.